The Kier molecular flexibility index (Phi) is 3.97. The molecule has 138 valence electrons. The van der Waals surface area contributed by atoms with Crippen LogP contribution in [0, 0.1) is 0 Å². The first-order valence-electron chi connectivity index (χ1n) is 8.57. The molecule has 0 bridgehead atoms. The number of hydrazine groups is 1. The Labute approximate surface area is 161 Å². The fourth-order valence-corrected chi connectivity index (χ4v) is 3.89. The van der Waals surface area contributed by atoms with Gasteiger partial charge in [-0.05, 0) is 37.5 Å². The van der Waals surface area contributed by atoms with Gasteiger partial charge in [0, 0.05) is 11.1 Å². The second-order valence-electron chi connectivity index (χ2n) is 7.10. The summed E-state index contributed by atoms with van der Waals surface area (Å²) < 4.78 is 0. The summed E-state index contributed by atoms with van der Waals surface area (Å²) in [6.07, 6.45) is -0.0465. The molecule has 2 heterocycles. The summed E-state index contributed by atoms with van der Waals surface area (Å²) in [5.41, 5.74) is -0.430. The fourth-order valence-electron chi connectivity index (χ4n) is 3.61. The first-order chi connectivity index (χ1) is 12.8. The van der Waals surface area contributed by atoms with E-state index in [4.69, 9.17) is 12.2 Å². The van der Waals surface area contributed by atoms with Crippen LogP contribution < -0.4 is 10.6 Å². The van der Waals surface area contributed by atoms with Crippen LogP contribution in [0.2, 0.25) is 0 Å². The largest absolute Gasteiger partial charge is 0.324 e. The minimum absolute atomic E-state index is 0.00443. The van der Waals surface area contributed by atoms with Crippen molar-refractivity contribution in [3.05, 3.63) is 42.5 Å². The standard InChI is InChI=1S/C19H18N4O3S/c1-19(2)17(26)21-18(27)22-15(24)10-14(23(19)22)16(25)20-13-9-5-7-11-6-3-4-8-12(11)13/h3-9,14H,10H2,1-2H3,(H,20,25)(H,21,26,27). The van der Waals surface area contributed by atoms with Crippen LogP contribution in [0.5, 0.6) is 0 Å². The van der Waals surface area contributed by atoms with E-state index in [0.29, 0.717) is 5.69 Å². The van der Waals surface area contributed by atoms with Gasteiger partial charge in [-0.25, -0.2) is 5.01 Å². The zero-order valence-electron chi connectivity index (χ0n) is 14.9. The van der Waals surface area contributed by atoms with Gasteiger partial charge in [0.15, 0.2) is 5.11 Å². The average molecular weight is 382 g/mol. The van der Waals surface area contributed by atoms with Crippen molar-refractivity contribution in [1.29, 1.82) is 0 Å². The first-order valence-corrected chi connectivity index (χ1v) is 8.98. The summed E-state index contributed by atoms with van der Waals surface area (Å²) in [5.74, 6) is -1.01. The van der Waals surface area contributed by atoms with Crippen LogP contribution in [0.3, 0.4) is 0 Å². The van der Waals surface area contributed by atoms with Crippen LogP contribution in [-0.4, -0.2) is 44.4 Å². The number of hydrogen-bond acceptors (Lipinski definition) is 5. The molecule has 1 atom stereocenters. The highest BCUT2D eigenvalue weighted by Gasteiger charge is 2.56. The Morgan fingerprint density at radius 1 is 1.19 bits per heavy atom. The molecule has 2 saturated heterocycles. The third-order valence-corrected chi connectivity index (χ3v) is 5.28. The number of hydrogen-bond donors (Lipinski definition) is 2. The lowest BCUT2D eigenvalue weighted by molar-refractivity contribution is -0.154. The molecule has 0 spiro atoms. The van der Waals surface area contributed by atoms with Crippen molar-refractivity contribution in [2.45, 2.75) is 31.8 Å². The molecule has 2 aromatic rings. The van der Waals surface area contributed by atoms with Gasteiger partial charge in [-0.15, -0.1) is 0 Å². The summed E-state index contributed by atoms with van der Waals surface area (Å²) in [7, 11) is 0. The average Bonchev–Trinajstić information content (AvgIpc) is 2.99. The maximum Gasteiger partial charge on any atom is 0.248 e. The van der Waals surface area contributed by atoms with Crippen molar-refractivity contribution in [3.63, 3.8) is 0 Å². The number of nitrogens with one attached hydrogen (secondary N) is 2. The molecule has 7 nitrogen and oxygen atoms in total. The number of rotatable bonds is 2. The molecule has 0 radical (unpaired) electrons. The summed E-state index contributed by atoms with van der Waals surface area (Å²) in [6, 6.07) is 12.5. The van der Waals surface area contributed by atoms with Crippen molar-refractivity contribution in [2.75, 3.05) is 5.32 Å². The molecule has 2 aliphatic heterocycles. The Bertz CT molecular complexity index is 998. The lowest BCUT2D eigenvalue weighted by Gasteiger charge is -2.45. The summed E-state index contributed by atoms with van der Waals surface area (Å²) in [6.45, 7) is 3.32. The molecule has 2 fully saturated rings. The minimum Gasteiger partial charge on any atom is -0.324 e. The Hall–Kier alpha value is -2.84. The van der Waals surface area contributed by atoms with Crippen LogP contribution in [0.1, 0.15) is 20.3 Å². The number of anilines is 1. The van der Waals surface area contributed by atoms with Crippen molar-refractivity contribution < 1.29 is 14.4 Å². The van der Waals surface area contributed by atoms with Crippen LogP contribution in [0.25, 0.3) is 10.8 Å². The fraction of sp³-hybridized carbons (Fsp3) is 0.263. The molecule has 2 aromatic carbocycles. The van der Waals surface area contributed by atoms with Gasteiger partial charge >= 0.3 is 0 Å². The highest BCUT2D eigenvalue weighted by molar-refractivity contribution is 7.80. The second-order valence-corrected chi connectivity index (χ2v) is 7.49. The van der Waals surface area contributed by atoms with E-state index in [1.807, 2.05) is 42.5 Å². The van der Waals surface area contributed by atoms with E-state index in [1.54, 1.807) is 13.8 Å². The Morgan fingerprint density at radius 2 is 1.89 bits per heavy atom. The maximum absolute atomic E-state index is 13.1. The first kappa shape index (κ1) is 17.6. The van der Waals surface area contributed by atoms with Gasteiger partial charge in [0.1, 0.15) is 11.6 Å². The number of carbonyl (C=O) groups excluding carboxylic acids is 3. The lowest BCUT2D eigenvalue weighted by Crippen LogP contribution is -2.71. The van der Waals surface area contributed by atoms with E-state index in [9.17, 15) is 14.4 Å². The van der Waals surface area contributed by atoms with Gasteiger partial charge in [0.2, 0.25) is 17.7 Å². The molecule has 3 amide bonds. The predicted molar refractivity (Wildman–Crippen MR) is 104 cm³/mol. The smallest absolute Gasteiger partial charge is 0.248 e. The second kappa shape index (κ2) is 6.11. The molecule has 8 heteroatoms. The van der Waals surface area contributed by atoms with Gasteiger partial charge in [-0.3, -0.25) is 19.7 Å². The van der Waals surface area contributed by atoms with Crippen LogP contribution in [0.4, 0.5) is 5.69 Å². The monoisotopic (exact) mass is 382 g/mol. The molecule has 2 N–H and O–H groups in total. The summed E-state index contributed by atoms with van der Waals surface area (Å²) >= 11 is 5.13. The van der Waals surface area contributed by atoms with Gasteiger partial charge in [0.05, 0.1) is 6.42 Å². The zero-order valence-corrected chi connectivity index (χ0v) is 15.7. The zero-order chi connectivity index (χ0) is 19.3. The number of carbonyl (C=O) groups is 3. The van der Waals surface area contributed by atoms with Gasteiger partial charge in [-0.2, -0.15) is 5.01 Å². The van der Waals surface area contributed by atoms with E-state index < -0.39 is 11.6 Å². The van der Waals surface area contributed by atoms with Crippen molar-refractivity contribution in [3.8, 4) is 0 Å². The highest BCUT2D eigenvalue weighted by atomic mass is 32.1. The lowest BCUT2D eigenvalue weighted by atomic mass is 10.00. The van der Waals surface area contributed by atoms with Crippen molar-refractivity contribution in [1.82, 2.24) is 15.3 Å². The summed E-state index contributed by atoms with van der Waals surface area (Å²) in [5, 5.41) is 10.1. The number of thiocarbonyl (C=S) groups is 1. The molecule has 0 aliphatic carbocycles. The molecular formula is C19H18N4O3S. The Balaban J connectivity index is 1.68. The van der Waals surface area contributed by atoms with E-state index in [1.165, 1.54) is 10.0 Å². The molecule has 0 aromatic heterocycles. The van der Waals surface area contributed by atoms with Gasteiger partial charge in [0.25, 0.3) is 0 Å². The number of amides is 3. The van der Waals surface area contributed by atoms with Crippen LogP contribution >= 0.6 is 12.2 Å². The third kappa shape index (κ3) is 2.68. The number of benzene rings is 2. The maximum atomic E-state index is 13.1. The van der Waals surface area contributed by atoms with Crippen molar-refractivity contribution >= 4 is 51.5 Å². The summed E-state index contributed by atoms with van der Waals surface area (Å²) in [4.78, 5) is 37.9. The highest BCUT2D eigenvalue weighted by Crippen LogP contribution is 2.33. The molecule has 4 rings (SSSR count). The SMILES string of the molecule is CC1(C)C(=O)NC(=S)N2C(=O)CC(C(=O)Nc3cccc4ccccc34)N21. The van der Waals surface area contributed by atoms with E-state index in [0.717, 1.165) is 10.8 Å². The topological polar surface area (TPSA) is 81.8 Å². The predicted octanol–water partition coefficient (Wildman–Crippen LogP) is 1.79. The molecular weight excluding hydrogens is 364 g/mol. The van der Waals surface area contributed by atoms with Crippen LogP contribution in [-0.2, 0) is 14.4 Å². The van der Waals surface area contributed by atoms with E-state index >= 15 is 0 Å². The quantitative estimate of drug-likeness (QED) is 0.774. The van der Waals surface area contributed by atoms with Gasteiger partial charge in [-0.1, -0.05) is 36.4 Å². The van der Waals surface area contributed by atoms with Crippen molar-refractivity contribution in [2.24, 2.45) is 0 Å². The Morgan fingerprint density at radius 3 is 2.67 bits per heavy atom. The number of fused-ring (bicyclic) bond motifs is 2. The van der Waals surface area contributed by atoms with Gasteiger partial charge < -0.3 is 5.32 Å². The van der Waals surface area contributed by atoms with E-state index in [2.05, 4.69) is 10.6 Å². The normalized spacial score (nSPS) is 21.9. The van der Waals surface area contributed by atoms with Crippen LogP contribution in [0.15, 0.2) is 42.5 Å². The molecule has 0 saturated carbocycles. The molecule has 2 aliphatic rings. The molecule has 27 heavy (non-hydrogen) atoms. The molecule has 1 unspecified atom stereocenters. The van der Waals surface area contributed by atoms with E-state index in [-0.39, 0.29) is 29.3 Å². The minimum atomic E-state index is -1.09. The third-order valence-electron chi connectivity index (χ3n) is 5.01. The number of nitrogens with zero attached hydrogens (tertiary/aromatic N) is 2.